The van der Waals surface area contributed by atoms with E-state index < -0.39 is 0 Å². The summed E-state index contributed by atoms with van der Waals surface area (Å²) in [7, 11) is 0. The predicted octanol–water partition coefficient (Wildman–Crippen LogP) is 2.09. The zero-order valence-corrected chi connectivity index (χ0v) is 12.5. The Kier molecular flexibility index (Phi) is 8.84. The third-order valence-electron chi connectivity index (χ3n) is 3.51. The zero-order chi connectivity index (χ0) is 13.9. The standard InChI is InChI=1S/C15H30N2O2/c1-13(2)8-9-17-15(18)12-16-10-11-19-14-6-4-3-5-7-14/h13-14,16H,3-12H2,1-2H3,(H,17,18). The van der Waals surface area contributed by atoms with Crippen LogP contribution in [-0.4, -0.2) is 38.3 Å². The number of nitrogens with one attached hydrogen (secondary N) is 2. The fraction of sp³-hybridized carbons (Fsp3) is 0.933. The second-order valence-electron chi connectivity index (χ2n) is 5.84. The molecule has 4 nitrogen and oxygen atoms in total. The maximum absolute atomic E-state index is 11.5. The Bertz CT molecular complexity index is 238. The molecule has 1 fully saturated rings. The lowest BCUT2D eigenvalue weighted by atomic mass is 9.98. The predicted molar refractivity (Wildman–Crippen MR) is 78.2 cm³/mol. The molecule has 0 aromatic heterocycles. The molecule has 19 heavy (non-hydrogen) atoms. The molecule has 0 bridgehead atoms. The highest BCUT2D eigenvalue weighted by Crippen LogP contribution is 2.19. The van der Waals surface area contributed by atoms with Crippen molar-refractivity contribution in [3.63, 3.8) is 0 Å². The van der Waals surface area contributed by atoms with Crippen LogP contribution >= 0.6 is 0 Å². The van der Waals surface area contributed by atoms with Gasteiger partial charge in [-0.1, -0.05) is 33.1 Å². The third kappa shape index (κ3) is 9.00. The van der Waals surface area contributed by atoms with Crippen LogP contribution in [0.15, 0.2) is 0 Å². The summed E-state index contributed by atoms with van der Waals surface area (Å²) in [5.41, 5.74) is 0. The fourth-order valence-electron chi connectivity index (χ4n) is 2.29. The van der Waals surface area contributed by atoms with Gasteiger partial charge in [-0.2, -0.15) is 0 Å². The molecule has 0 atom stereocenters. The smallest absolute Gasteiger partial charge is 0.233 e. The molecule has 4 heteroatoms. The number of hydrogen-bond donors (Lipinski definition) is 2. The molecule has 0 aromatic carbocycles. The van der Waals surface area contributed by atoms with Crippen LogP contribution in [0.3, 0.4) is 0 Å². The van der Waals surface area contributed by atoms with Gasteiger partial charge in [0.25, 0.3) is 0 Å². The minimum absolute atomic E-state index is 0.0818. The highest BCUT2D eigenvalue weighted by molar-refractivity contribution is 5.77. The molecule has 0 aliphatic heterocycles. The normalized spacial score (nSPS) is 16.8. The van der Waals surface area contributed by atoms with E-state index in [4.69, 9.17) is 4.74 Å². The average Bonchev–Trinajstić information content (AvgIpc) is 2.39. The maximum Gasteiger partial charge on any atom is 0.233 e. The van der Waals surface area contributed by atoms with E-state index in [9.17, 15) is 4.79 Å². The minimum Gasteiger partial charge on any atom is -0.377 e. The Hall–Kier alpha value is -0.610. The van der Waals surface area contributed by atoms with E-state index in [-0.39, 0.29) is 5.91 Å². The second-order valence-corrected chi connectivity index (χ2v) is 5.84. The van der Waals surface area contributed by atoms with Crippen LogP contribution in [0.2, 0.25) is 0 Å². The molecule has 112 valence electrons. The van der Waals surface area contributed by atoms with E-state index in [0.29, 0.717) is 25.2 Å². The van der Waals surface area contributed by atoms with E-state index in [1.807, 2.05) is 0 Å². The van der Waals surface area contributed by atoms with Crippen LogP contribution in [0.25, 0.3) is 0 Å². The Morgan fingerprint density at radius 3 is 2.63 bits per heavy atom. The molecular weight excluding hydrogens is 240 g/mol. The maximum atomic E-state index is 11.5. The molecule has 1 saturated carbocycles. The van der Waals surface area contributed by atoms with Gasteiger partial charge in [0.1, 0.15) is 0 Å². The topological polar surface area (TPSA) is 50.4 Å². The van der Waals surface area contributed by atoms with Crippen LogP contribution in [0.4, 0.5) is 0 Å². The molecule has 0 heterocycles. The van der Waals surface area contributed by atoms with Gasteiger partial charge in [0.15, 0.2) is 0 Å². The quantitative estimate of drug-likeness (QED) is 0.631. The number of carbonyl (C=O) groups is 1. The molecule has 2 N–H and O–H groups in total. The summed E-state index contributed by atoms with van der Waals surface area (Å²) < 4.78 is 5.78. The third-order valence-corrected chi connectivity index (χ3v) is 3.51. The van der Waals surface area contributed by atoms with Gasteiger partial charge in [-0.3, -0.25) is 4.79 Å². The van der Waals surface area contributed by atoms with Crippen LogP contribution in [-0.2, 0) is 9.53 Å². The summed E-state index contributed by atoms with van der Waals surface area (Å²) >= 11 is 0. The lowest BCUT2D eigenvalue weighted by Gasteiger charge is -2.21. The molecule has 0 radical (unpaired) electrons. The number of carbonyl (C=O) groups excluding carboxylic acids is 1. The molecule has 1 rings (SSSR count). The number of amides is 1. The van der Waals surface area contributed by atoms with Crippen molar-refractivity contribution in [3.8, 4) is 0 Å². The van der Waals surface area contributed by atoms with Crippen molar-refractivity contribution in [1.82, 2.24) is 10.6 Å². The highest BCUT2D eigenvalue weighted by Gasteiger charge is 2.12. The highest BCUT2D eigenvalue weighted by atomic mass is 16.5. The van der Waals surface area contributed by atoms with Crippen LogP contribution in [0.1, 0.15) is 52.4 Å². The van der Waals surface area contributed by atoms with Crippen LogP contribution in [0.5, 0.6) is 0 Å². The largest absolute Gasteiger partial charge is 0.377 e. The Morgan fingerprint density at radius 1 is 1.21 bits per heavy atom. The average molecular weight is 270 g/mol. The molecule has 1 amide bonds. The first kappa shape index (κ1) is 16.4. The molecule has 1 aliphatic rings. The lowest BCUT2D eigenvalue weighted by Crippen LogP contribution is -2.36. The first-order valence-electron chi connectivity index (χ1n) is 7.77. The summed E-state index contributed by atoms with van der Waals surface area (Å²) in [6.45, 7) is 6.96. The lowest BCUT2D eigenvalue weighted by molar-refractivity contribution is -0.120. The van der Waals surface area contributed by atoms with Crippen molar-refractivity contribution < 1.29 is 9.53 Å². The Balaban J connectivity index is 1.88. The number of rotatable bonds is 9. The van der Waals surface area contributed by atoms with Crippen molar-refractivity contribution in [1.29, 1.82) is 0 Å². The van der Waals surface area contributed by atoms with Crippen LogP contribution < -0.4 is 10.6 Å². The summed E-state index contributed by atoms with van der Waals surface area (Å²) in [6.07, 6.45) is 7.86. The second kappa shape index (κ2) is 10.2. The monoisotopic (exact) mass is 270 g/mol. The van der Waals surface area contributed by atoms with Crippen molar-refractivity contribution in [2.45, 2.75) is 58.5 Å². The van der Waals surface area contributed by atoms with Crippen molar-refractivity contribution in [2.24, 2.45) is 5.92 Å². The summed E-state index contributed by atoms with van der Waals surface area (Å²) in [5.74, 6) is 0.718. The number of hydrogen-bond acceptors (Lipinski definition) is 3. The Morgan fingerprint density at radius 2 is 1.95 bits per heavy atom. The SMILES string of the molecule is CC(C)CCNC(=O)CNCCOC1CCCCC1. The summed E-state index contributed by atoms with van der Waals surface area (Å²) in [4.78, 5) is 11.5. The van der Waals surface area contributed by atoms with E-state index in [1.54, 1.807) is 0 Å². The Labute approximate surface area is 117 Å². The van der Waals surface area contributed by atoms with Gasteiger partial charge in [-0.25, -0.2) is 0 Å². The van der Waals surface area contributed by atoms with Crippen molar-refractivity contribution in [3.05, 3.63) is 0 Å². The van der Waals surface area contributed by atoms with Crippen molar-refractivity contribution >= 4 is 5.91 Å². The molecular formula is C15H30N2O2. The van der Waals surface area contributed by atoms with Gasteiger partial charge in [0, 0.05) is 13.1 Å². The molecule has 0 aromatic rings. The van der Waals surface area contributed by atoms with Crippen LogP contribution in [0, 0.1) is 5.92 Å². The summed E-state index contributed by atoms with van der Waals surface area (Å²) in [5, 5.41) is 6.04. The summed E-state index contributed by atoms with van der Waals surface area (Å²) in [6, 6.07) is 0. The zero-order valence-electron chi connectivity index (χ0n) is 12.5. The van der Waals surface area contributed by atoms with Gasteiger partial charge in [-0.15, -0.1) is 0 Å². The first-order chi connectivity index (χ1) is 9.18. The van der Waals surface area contributed by atoms with Gasteiger partial charge < -0.3 is 15.4 Å². The van der Waals surface area contributed by atoms with E-state index in [1.165, 1.54) is 32.1 Å². The van der Waals surface area contributed by atoms with Gasteiger partial charge in [0.05, 0.1) is 19.3 Å². The van der Waals surface area contributed by atoms with E-state index in [2.05, 4.69) is 24.5 Å². The number of ether oxygens (including phenoxy) is 1. The minimum atomic E-state index is 0.0818. The molecule has 0 saturated heterocycles. The van der Waals surface area contributed by atoms with Gasteiger partial charge in [0.2, 0.25) is 5.91 Å². The molecule has 0 unspecified atom stereocenters. The first-order valence-corrected chi connectivity index (χ1v) is 7.77. The van der Waals surface area contributed by atoms with Gasteiger partial charge in [-0.05, 0) is 25.2 Å². The van der Waals surface area contributed by atoms with Crippen molar-refractivity contribution in [2.75, 3.05) is 26.2 Å². The van der Waals surface area contributed by atoms with E-state index in [0.717, 1.165) is 19.5 Å². The fourth-order valence-corrected chi connectivity index (χ4v) is 2.29. The van der Waals surface area contributed by atoms with E-state index >= 15 is 0 Å². The molecule has 1 aliphatic carbocycles. The van der Waals surface area contributed by atoms with Gasteiger partial charge >= 0.3 is 0 Å². The molecule has 0 spiro atoms.